The Bertz CT molecular complexity index is 813. The quantitative estimate of drug-likeness (QED) is 0.805. The molecule has 3 aromatic rings. The maximum atomic E-state index is 13.7. The highest BCUT2D eigenvalue weighted by atomic mass is 19.1. The van der Waals surface area contributed by atoms with Gasteiger partial charge in [-0.25, -0.2) is 13.5 Å². The molecular formula is C16H16F2N4. The Balaban J connectivity index is 1.72. The Hall–Kier alpha value is -2.34. The first-order chi connectivity index (χ1) is 10.5. The number of benzene rings is 2. The molecule has 1 atom stereocenters. The third-order valence-electron chi connectivity index (χ3n) is 3.72. The number of rotatable bonds is 4. The average molecular weight is 302 g/mol. The SMILES string of the molecule is C[C@H](NCc1ccc2c(c1)nnn2C)c1ccc(F)cc1F. The van der Waals surface area contributed by atoms with E-state index >= 15 is 0 Å². The predicted octanol–water partition coefficient (Wildman–Crippen LogP) is 3.10. The van der Waals surface area contributed by atoms with Crippen LogP contribution < -0.4 is 5.32 Å². The molecule has 1 heterocycles. The van der Waals surface area contributed by atoms with Gasteiger partial charge in [0, 0.05) is 31.3 Å². The molecule has 1 N–H and O–H groups in total. The molecule has 1 aromatic heterocycles. The molecule has 0 amide bonds. The molecule has 22 heavy (non-hydrogen) atoms. The highest BCUT2D eigenvalue weighted by Crippen LogP contribution is 2.19. The lowest BCUT2D eigenvalue weighted by Gasteiger charge is -2.15. The highest BCUT2D eigenvalue weighted by molar-refractivity contribution is 5.74. The lowest BCUT2D eigenvalue weighted by atomic mass is 10.1. The largest absolute Gasteiger partial charge is 0.306 e. The fraction of sp³-hybridized carbons (Fsp3) is 0.250. The van der Waals surface area contributed by atoms with E-state index in [9.17, 15) is 8.78 Å². The normalized spacial score (nSPS) is 12.7. The van der Waals surface area contributed by atoms with E-state index in [1.165, 1.54) is 12.1 Å². The second-order valence-electron chi connectivity index (χ2n) is 5.30. The van der Waals surface area contributed by atoms with Crippen LogP contribution in [0.4, 0.5) is 8.78 Å². The van der Waals surface area contributed by atoms with Gasteiger partial charge in [-0.3, -0.25) is 0 Å². The highest BCUT2D eigenvalue weighted by Gasteiger charge is 2.11. The van der Waals surface area contributed by atoms with Gasteiger partial charge in [0.1, 0.15) is 17.2 Å². The van der Waals surface area contributed by atoms with Gasteiger partial charge in [0.15, 0.2) is 0 Å². The van der Waals surface area contributed by atoms with Gasteiger partial charge < -0.3 is 5.32 Å². The molecule has 0 saturated heterocycles. The summed E-state index contributed by atoms with van der Waals surface area (Å²) >= 11 is 0. The van der Waals surface area contributed by atoms with Crippen molar-refractivity contribution in [3.05, 3.63) is 59.2 Å². The second-order valence-corrected chi connectivity index (χ2v) is 5.30. The van der Waals surface area contributed by atoms with Gasteiger partial charge >= 0.3 is 0 Å². The van der Waals surface area contributed by atoms with Crippen molar-refractivity contribution in [2.45, 2.75) is 19.5 Å². The third kappa shape index (κ3) is 2.82. The Kier molecular flexibility index (Phi) is 3.85. The Labute approximate surface area is 126 Å². The van der Waals surface area contributed by atoms with E-state index in [2.05, 4.69) is 15.6 Å². The Morgan fingerprint density at radius 3 is 2.77 bits per heavy atom. The van der Waals surface area contributed by atoms with Crippen LogP contribution in [0.1, 0.15) is 24.1 Å². The summed E-state index contributed by atoms with van der Waals surface area (Å²) in [7, 11) is 1.84. The standard InChI is InChI=1S/C16H16F2N4/c1-10(13-5-4-12(17)8-14(13)18)19-9-11-3-6-16-15(7-11)20-21-22(16)2/h3-8,10,19H,9H2,1-2H3/t10-/m0/s1. The van der Waals surface area contributed by atoms with E-state index in [0.29, 0.717) is 12.1 Å². The number of halogens is 2. The first-order valence-electron chi connectivity index (χ1n) is 7.01. The predicted molar refractivity (Wildman–Crippen MR) is 80.1 cm³/mol. The van der Waals surface area contributed by atoms with Crippen molar-refractivity contribution < 1.29 is 8.78 Å². The van der Waals surface area contributed by atoms with Crippen molar-refractivity contribution in [1.29, 1.82) is 0 Å². The summed E-state index contributed by atoms with van der Waals surface area (Å²) in [4.78, 5) is 0. The van der Waals surface area contributed by atoms with Gasteiger partial charge in [-0.1, -0.05) is 17.3 Å². The van der Waals surface area contributed by atoms with Crippen LogP contribution in [-0.4, -0.2) is 15.0 Å². The maximum Gasteiger partial charge on any atom is 0.130 e. The summed E-state index contributed by atoms with van der Waals surface area (Å²) in [6.45, 7) is 2.40. The van der Waals surface area contributed by atoms with E-state index in [4.69, 9.17) is 0 Å². The fourth-order valence-corrected chi connectivity index (χ4v) is 2.43. The van der Waals surface area contributed by atoms with Crippen molar-refractivity contribution in [2.24, 2.45) is 7.05 Å². The average Bonchev–Trinajstić information content (AvgIpc) is 2.86. The van der Waals surface area contributed by atoms with Crippen molar-refractivity contribution in [1.82, 2.24) is 20.3 Å². The van der Waals surface area contributed by atoms with Crippen LogP contribution in [0, 0.1) is 11.6 Å². The van der Waals surface area contributed by atoms with E-state index in [-0.39, 0.29) is 6.04 Å². The van der Waals surface area contributed by atoms with Gasteiger partial charge in [-0.05, 0) is 30.7 Å². The zero-order valence-electron chi connectivity index (χ0n) is 12.3. The van der Waals surface area contributed by atoms with Crippen LogP contribution in [0.2, 0.25) is 0 Å². The van der Waals surface area contributed by atoms with Gasteiger partial charge in [0.25, 0.3) is 0 Å². The van der Waals surface area contributed by atoms with E-state index < -0.39 is 11.6 Å². The zero-order valence-corrected chi connectivity index (χ0v) is 12.3. The number of nitrogens with zero attached hydrogens (tertiary/aromatic N) is 3. The van der Waals surface area contributed by atoms with Gasteiger partial charge in [0.05, 0.1) is 5.52 Å². The number of fused-ring (bicyclic) bond motifs is 1. The summed E-state index contributed by atoms with van der Waals surface area (Å²) in [5.41, 5.74) is 3.26. The molecule has 0 radical (unpaired) electrons. The van der Waals surface area contributed by atoms with E-state index in [1.54, 1.807) is 4.68 Å². The van der Waals surface area contributed by atoms with Gasteiger partial charge in [0.2, 0.25) is 0 Å². The minimum atomic E-state index is -0.568. The van der Waals surface area contributed by atoms with E-state index in [1.807, 2.05) is 32.2 Å². The van der Waals surface area contributed by atoms with Crippen LogP contribution >= 0.6 is 0 Å². The van der Waals surface area contributed by atoms with E-state index in [0.717, 1.165) is 22.7 Å². The number of nitrogens with one attached hydrogen (secondary N) is 1. The molecule has 0 bridgehead atoms. The minimum absolute atomic E-state index is 0.224. The second kappa shape index (κ2) is 5.81. The maximum absolute atomic E-state index is 13.7. The van der Waals surface area contributed by atoms with Crippen LogP contribution in [0.15, 0.2) is 36.4 Å². The molecule has 0 saturated carbocycles. The summed E-state index contributed by atoms with van der Waals surface area (Å²) in [5, 5.41) is 11.3. The summed E-state index contributed by atoms with van der Waals surface area (Å²) in [6, 6.07) is 9.29. The molecular weight excluding hydrogens is 286 g/mol. The first kappa shape index (κ1) is 14.6. The Morgan fingerprint density at radius 2 is 2.00 bits per heavy atom. The molecule has 2 aromatic carbocycles. The van der Waals surface area contributed by atoms with Gasteiger partial charge in [-0.15, -0.1) is 5.10 Å². The topological polar surface area (TPSA) is 42.7 Å². The first-order valence-corrected chi connectivity index (χ1v) is 7.01. The van der Waals surface area contributed by atoms with Crippen molar-refractivity contribution >= 4 is 11.0 Å². The number of aromatic nitrogens is 3. The molecule has 4 nitrogen and oxygen atoms in total. The van der Waals surface area contributed by atoms with Crippen LogP contribution in [0.3, 0.4) is 0 Å². The smallest absolute Gasteiger partial charge is 0.130 e. The van der Waals surface area contributed by atoms with Crippen molar-refractivity contribution in [2.75, 3.05) is 0 Å². The zero-order chi connectivity index (χ0) is 15.7. The molecule has 0 fully saturated rings. The number of aryl methyl sites for hydroxylation is 1. The summed E-state index contributed by atoms with van der Waals surface area (Å²) in [5.74, 6) is -1.11. The van der Waals surface area contributed by atoms with Crippen LogP contribution in [0.5, 0.6) is 0 Å². The number of hydrogen-bond acceptors (Lipinski definition) is 3. The minimum Gasteiger partial charge on any atom is -0.306 e. The molecule has 0 spiro atoms. The molecule has 0 aliphatic rings. The molecule has 6 heteroatoms. The molecule has 3 rings (SSSR count). The molecule has 0 unspecified atom stereocenters. The van der Waals surface area contributed by atoms with Crippen molar-refractivity contribution in [3.63, 3.8) is 0 Å². The van der Waals surface area contributed by atoms with Crippen LogP contribution in [0.25, 0.3) is 11.0 Å². The third-order valence-corrected chi connectivity index (χ3v) is 3.72. The molecule has 0 aliphatic carbocycles. The number of hydrogen-bond donors (Lipinski definition) is 1. The lowest BCUT2D eigenvalue weighted by molar-refractivity contribution is 0.518. The fourth-order valence-electron chi connectivity index (χ4n) is 2.43. The Morgan fingerprint density at radius 1 is 1.18 bits per heavy atom. The van der Waals surface area contributed by atoms with Crippen molar-refractivity contribution in [3.8, 4) is 0 Å². The summed E-state index contributed by atoms with van der Waals surface area (Å²) < 4.78 is 28.4. The molecule has 0 aliphatic heterocycles. The monoisotopic (exact) mass is 302 g/mol. The lowest BCUT2D eigenvalue weighted by Crippen LogP contribution is -2.19. The van der Waals surface area contributed by atoms with Crippen LogP contribution in [-0.2, 0) is 13.6 Å². The molecule has 114 valence electrons. The van der Waals surface area contributed by atoms with Gasteiger partial charge in [-0.2, -0.15) is 0 Å². The summed E-state index contributed by atoms with van der Waals surface area (Å²) in [6.07, 6.45) is 0.